The fraction of sp³-hybridized carbons (Fsp3) is 0.917. The summed E-state index contributed by atoms with van der Waals surface area (Å²) in [5.41, 5.74) is 0. The van der Waals surface area contributed by atoms with Crippen molar-refractivity contribution in [1.82, 2.24) is 10.6 Å². The molecule has 1 rings (SSSR count). The third-order valence-corrected chi connectivity index (χ3v) is 2.81. The van der Waals surface area contributed by atoms with Crippen LogP contribution in [0.5, 0.6) is 0 Å². The van der Waals surface area contributed by atoms with Crippen molar-refractivity contribution < 1.29 is 0 Å². The van der Waals surface area contributed by atoms with Crippen molar-refractivity contribution in [2.75, 3.05) is 13.6 Å². The van der Waals surface area contributed by atoms with Gasteiger partial charge in [-0.2, -0.15) is 0 Å². The Balaban J connectivity index is 0.00000225. The first kappa shape index (κ1) is 16.0. The molecule has 0 spiro atoms. The molecular weight excluding hydrogens is 313 g/mol. The monoisotopic (exact) mass is 339 g/mol. The summed E-state index contributed by atoms with van der Waals surface area (Å²) in [4.78, 5) is 4.23. The van der Waals surface area contributed by atoms with Crippen LogP contribution in [0.4, 0.5) is 0 Å². The van der Waals surface area contributed by atoms with Crippen LogP contribution in [0.1, 0.15) is 40.0 Å². The lowest BCUT2D eigenvalue weighted by atomic mass is 10.2. The number of aliphatic imine (C=N–C) groups is 1. The molecule has 0 aliphatic heterocycles. The largest absolute Gasteiger partial charge is 0.356 e. The van der Waals surface area contributed by atoms with E-state index >= 15 is 0 Å². The minimum atomic E-state index is 0. The average Bonchev–Trinajstić information content (AvgIpc) is 2.91. The highest BCUT2D eigenvalue weighted by Gasteiger charge is 2.36. The predicted molar refractivity (Wildman–Crippen MR) is 81.6 cm³/mol. The van der Waals surface area contributed by atoms with Gasteiger partial charge in [0, 0.05) is 19.6 Å². The van der Waals surface area contributed by atoms with E-state index in [9.17, 15) is 0 Å². The molecule has 0 bridgehead atoms. The van der Waals surface area contributed by atoms with Crippen molar-refractivity contribution in [1.29, 1.82) is 0 Å². The topological polar surface area (TPSA) is 36.4 Å². The molecule has 0 aromatic carbocycles. The Morgan fingerprint density at radius 1 is 1.44 bits per heavy atom. The fourth-order valence-electron chi connectivity index (χ4n) is 1.79. The molecule has 1 fully saturated rings. The summed E-state index contributed by atoms with van der Waals surface area (Å²) < 4.78 is 0. The molecule has 96 valence electrons. The smallest absolute Gasteiger partial charge is 0.191 e. The maximum atomic E-state index is 4.23. The van der Waals surface area contributed by atoms with Gasteiger partial charge in [0.2, 0.25) is 0 Å². The number of guanidine groups is 1. The van der Waals surface area contributed by atoms with Crippen molar-refractivity contribution in [2.24, 2.45) is 16.8 Å². The van der Waals surface area contributed by atoms with E-state index in [-0.39, 0.29) is 24.0 Å². The Morgan fingerprint density at radius 3 is 2.62 bits per heavy atom. The Labute approximate surface area is 117 Å². The summed E-state index contributed by atoms with van der Waals surface area (Å²) in [7, 11) is 1.84. The van der Waals surface area contributed by atoms with Crippen LogP contribution in [0, 0.1) is 11.8 Å². The second-order valence-corrected chi connectivity index (χ2v) is 4.88. The van der Waals surface area contributed by atoms with Crippen LogP contribution in [0.2, 0.25) is 0 Å². The molecule has 2 atom stereocenters. The van der Waals surface area contributed by atoms with Crippen molar-refractivity contribution in [2.45, 2.75) is 46.1 Å². The first-order valence-corrected chi connectivity index (χ1v) is 6.14. The van der Waals surface area contributed by atoms with Gasteiger partial charge >= 0.3 is 0 Å². The zero-order chi connectivity index (χ0) is 11.3. The number of hydrogen-bond donors (Lipinski definition) is 2. The van der Waals surface area contributed by atoms with Crippen LogP contribution in [0.25, 0.3) is 0 Å². The molecular formula is C12H26IN3. The van der Waals surface area contributed by atoms with Gasteiger partial charge in [0.1, 0.15) is 0 Å². The molecule has 0 saturated heterocycles. The minimum Gasteiger partial charge on any atom is -0.356 e. The third kappa shape index (κ3) is 5.92. The van der Waals surface area contributed by atoms with Gasteiger partial charge in [0.15, 0.2) is 5.96 Å². The van der Waals surface area contributed by atoms with E-state index in [0.717, 1.165) is 18.4 Å². The van der Waals surface area contributed by atoms with Gasteiger partial charge in [-0.05, 0) is 24.7 Å². The zero-order valence-corrected chi connectivity index (χ0v) is 13.2. The van der Waals surface area contributed by atoms with Crippen molar-refractivity contribution >= 4 is 29.9 Å². The molecule has 0 radical (unpaired) electrons. The zero-order valence-electron chi connectivity index (χ0n) is 10.9. The van der Waals surface area contributed by atoms with Gasteiger partial charge in [0.05, 0.1) is 0 Å². The second kappa shape index (κ2) is 8.14. The maximum Gasteiger partial charge on any atom is 0.191 e. The van der Waals surface area contributed by atoms with E-state index in [1.54, 1.807) is 0 Å². The summed E-state index contributed by atoms with van der Waals surface area (Å²) in [5.74, 6) is 2.51. The van der Waals surface area contributed by atoms with Gasteiger partial charge < -0.3 is 10.6 Å². The number of rotatable bonds is 5. The van der Waals surface area contributed by atoms with Crippen LogP contribution >= 0.6 is 24.0 Å². The van der Waals surface area contributed by atoms with Crippen molar-refractivity contribution in [3.63, 3.8) is 0 Å². The highest BCUT2D eigenvalue weighted by Crippen LogP contribution is 2.34. The van der Waals surface area contributed by atoms with Gasteiger partial charge in [-0.25, -0.2) is 0 Å². The molecule has 2 N–H and O–H groups in total. The first-order valence-electron chi connectivity index (χ1n) is 6.14. The van der Waals surface area contributed by atoms with E-state index in [2.05, 4.69) is 36.4 Å². The van der Waals surface area contributed by atoms with Crippen LogP contribution in [-0.4, -0.2) is 25.6 Å². The molecule has 4 heteroatoms. The quantitative estimate of drug-likeness (QED) is 0.459. The molecule has 1 saturated carbocycles. The van der Waals surface area contributed by atoms with Gasteiger partial charge in [-0.1, -0.05) is 27.2 Å². The van der Waals surface area contributed by atoms with Crippen LogP contribution < -0.4 is 10.6 Å². The van der Waals surface area contributed by atoms with Crippen molar-refractivity contribution in [3.05, 3.63) is 0 Å². The van der Waals surface area contributed by atoms with Crippen LogP contribution in [0.15, 0.2) is 4.99 Å². The number of nitrogens with one attached hydrogen (secondary N) is 2. The van der Waals surface area contributed by atoms with E-state index in [1.807, 2.05) is 7.05 Å². The normalized spacial score (nSPS) is 23.9. The molecule has 0 heterocycles. The predicted octanol–water partition coefficient (Wildman–Crippen LogP) is 2.61. The minimum absolute atomic E-state index is 0. The van der Waals surface area contributed by atoms with E-state index in [4.69, 9.17) is 0 Å². The molecule has 16 heavy (non-hydrogen) atoms. The highest BCUT2D eigenvalue weighted by molar-refractivity contribution is 14.0. The lowest BCUT2D eigenvalue weighted by Crippen LogP contribution is -2.40. The Bertz CT molecular complexity index is 216. The number of hydrogen-bond acceptors (Lipinski definition) is 1. The number of halogens is 1. The van der Waals surface area contributed by atoms with Crippen molar-refractivity contribution in [3.8, 4) is 0 Å². The molecule has 0 aromatic rings. The third-order valence-electron chi connectivity index (χ3n) is 2.81. The SMILES string of the molecule is CCCC1CC1NC(=NC)NCC(C)C.I. The standard InChI is InChI=1S/C12H25N3.HI/c1-5-6-10-7-11(10)15-12(13-4)14-8-9(2)3;/h9-11H,5-8H2,1-4H3,(H2,13,14,15);1H. The lowest BCUT2D eigenvalue weighted by molar-refractivity contribution is 0.606. The Hall–Kier alpha value is 0. The van der Waals surface area contributed by atoms with Crippen LogP contribution in [-0.2, 0) is 0 Å². The van der Waals surface area contributed by atoms with Gasteiger partial charge in [-0.3, -0.25) is 4.99 Å². The summed E-state index contributed by atoms with van der Waals surface area (Å²) >= 11 is 0. The summed E-state index contributed by atoms with van der Waals surface area (Å²) in [6.45, 7) is 7.65. The Kier molecular flexibility index (Phi) is 8.14. The summed E-state index contributed by atoms with van der Waals surface area (Å²) in [5, 5.41) is 6.81. The summed E-state index contributed by atoms with van der Waals surface area (Å²) in [6, 6.07) is 0.670. The fourth-order valence-corrected chi connectivity index (χ4v) is 1.79. The first-order chi connectivity index (χ1) is 7.17. The van der Waals surface area contributed by atoms with E-state index in [0.29, 0.717) is 12.0 Å². The molecule has 0 amide bonds. The van der Waals surface area contributed by atoms with E-state index in [1.165, 1.54) is 19.3 Å². The lowest BCUT2D eigenvalue weighted by Gasteiger charge is -2.13. The molecule has 1 aliphatic rings. The average molecular weight is 339 g/mol. The number of nitrogens with zero attached hydrogens (tertiary/aromatic N) is 1. The molecule has 3 nitrogen and oxygen atoms in total. The summed E-state index contributed by atoms with van der Waals surface area (Å²) in [6.07, 6.45) is 3.95. The molecule has 0 aromatic heterocycles. The highest BCUT2D eigenvalue weighted by atomic mass is 127. The maximum absolute atomic E-state index is 4.23. The van der Waals surface area contributed by atoms with E-state index < -0.39 is 0 Å². The Morgan fingerprint density at radius 2 is 2.12 bits per heavy atom. The second-order valence-electron chi connectivity index (χ2n) is 4.88. The van der Waals surface area contributed by atoms with Gasteiger partial charge in [-0.15, -0.1) is 24.0 Å². The van der Waals surface area contributed by atoms with Crippen LogP contribution in [0.3, 0.4) is 0 Å². The molecule has 1 aliphatic carbocycles. The van der Waals surface area contributed by atoms with Gasteiger partial charge in [0.25, 0.3) is 0 Å². The molecule has 2 unspecified atom stereocenters.